The smallest absolute Gasteiger partial charge is 0.519 e. The highest BCUT2D eigenvalue weighted by atomic mass is 19.3. The summed E-state index contributed by atoms with van der Waals surface area (Å²) in [4.78, 5) is 0. The number of benzene rings is 7. The number of alkyl halides is 2. The summed E-state index contributed by atoms with van der Waals surface area (Å²) in [5, 5.41) is -12.3. The van der Waals surface area contributed by atoms with Crippen molar-refractivity contribution in [3.8, 4) is 22.6 Å². The molecule has 0 aliphatic heterocycles. The summed E-state index contributed by atoms with van der Waals surface area (Å²) >= 11 is 0. The summed E-state index contributed by atoms with van der Waals surface area (Å²) in [6, 6.07) is -0.175. The van der Waals surface area contributed by atoms with E-state index in [1.165, 1.54) is 0 Å². The molecule has 0 saturated heterocycles. The summed E-state index contributed by atoms with van der Waals surface area (Å²) in [5.74, 6) is -64.1. The Morgan fingerprint density at radius 2 is 0.678 bits per heavy atom. The van der Waals surface area contributed by atoms with Crippen LogP contribution >= 0.6 is 0 Å². The van der Waals surface area contributed by atoms with Crippen LogP contribution < -0.4 is 14.8 Å². The van der Waals surface area contributed by atoms with Gasteiger partial charge in [-0.2, -0.15) is 17.6 Å². The van der Waals surface area contributed by atoms with Crippen LogP contribution in [0.4, 0.5) is 92.2 Å². The highest BCUT2D eigenvalue weighted by Gasteiger charge is 2.56. The molecule has 7 aromatic carbocycles. The lowest BCUT2D eigenvalue weighted by atomic mass is 9.77. The molecule has 1 aliphatic rings. The van der Waals surface area contributed by atoms with Gasteiger partial charge in [0.1, 0.15) is 5.82 Å². The van der Waals surface area contributed by atoms with Crippen molar-refractivity contribution in [1.82, 2.24) is 0 Å². The molecule has 304 valence electrons. The van der Waals surface area contributed by atoms with Gasteiger partial charge in [-0.05, 0) is 12.1 Å². The van der Waals surface area contributed by atoms with Crippen molar-refractivity contribution in [2.45, 2.75) is 5.92 Å². The van der Waals surface area contributed by atoms with Gasteiger partial charge in [0.05, 0.1) is 38.1 Å². The van der Waals surface area contributed by atoms with Crippen LogP contribution in [-0.4, -0.2) is 7.12 Å². The minimum Gasteiger partial charge on any atom is -0.519 e. The zero-order valence-electron chi connectivity index (χ0n) is 27.0. The van der Waals surface area contributed by atoms with Crippen molar-refractivity contribution in [2.75, 3.05) is 0 Å². The van der Waals surface area contributed by atoms with Crippen LogP contribution in [0, 0.1) is 111 Å². The van der Waals surface area contributed by atoms with Gasteiger partial charge in [0.2, 0.25) is 5.82 Å². The fourth-order valence-corrected chi connectivity index (χ4v) is 6.89. The van der Waals surface area contributed by atoms with Crippen molar-refractivity contribution in [3.63, 3.8) is 0 Å². The minimum atomic E-state index is -5.64. The van der Waals surface area contributed by atoms with Crippen LogP contribution in [0.15, 0.2) is 12.1 Å². The molecular formula is C35H2BF21O2. The van der Waals surface area contributed by atoms with Gasteiger partial charge in [0.15, 0.2) is 110 Å². The van der Waals surface area contributed by atoms with E-state index in [0.717, 1.165) is 0 Å². The second-order valence-electron chi connectivity index (χ2n) is 12.3. The fourth-order valence-electron chi connectivity index (χ4n) is 6.89. The predicted octanol–water partition coefficient (Wildman–Crippen LogP) is 11.2. The molecule has 0 saturated carbocycles. The van der Waals surface area contributed by atoms with Gasteiger partial charge in [0, 0.05) is 21.9 Å². The van der Waals surface area contributed by atoms with Crippen LogP contribution in [-0.2, 0) is 5.92 Å². The summed E-state index contributed by atoms with van der Waals surface area (Å²) in [7, 11) is -3.96. The molecule has 8 rings (SSSR count). The molecular weight excluding hydrogens is 862 g/mol. The van der Waals surface area contributed by atoms with Crippen LogP contribution in [0.25, 0.3) is 43.4 Å². The third-order valence-corrected chi connectivity index (χ3v) is 9.37. The Morgan fingerprint density at radius 3 is 1.22 bits per heavy atom. The Kier molecular flexibility index (Phi) is 8.48. The second-order valence-corrected chi connectivity index (χ2v) is 12.3. The molecule has 7 aromatic rings. The van der Waals surface area contributed by atoms with Crippen molar-refractivity contribution >= 4 is 44.9 Å². The van der Waals surface area contributed by atoms with E-state index in [1.807, 2.05) is 0 Å². The van der Waals surface area contributed by atoms with E-state index in [0.29, 0.717) is 0 Å². The third-order valence-electron chi connectivity index (χ3n) is 9.37. The Bertz CT molecular complexity index is 3070. The van der Waals surface area contributed by atoms with E-state index in [9.17, 15) is 35.1 Å². The predicted molar refractivity (Wildman–Crippen MR) is 157 cm³/mol. The van der Waals surface area contributed by atoms with Crippen molar-refractivity contribution in [2.24, 2.45) is 0 Å². The Hall–Kier alpha value is -6.23. The molecule has 0 N–H and O–H groups in total. The largest absolute Gasteiger partial charge is 0.639 e. The first-order valence-corrected chi connectivity index (χ1v) is 15.3. The molecule has 1 aliphatic carbocycles. The molecule has 0 spiro atoms. The van der Waals surface area contributed by atoms with Crippen LogP contribution in [0.2, 0.25) is 0 Å². The molecule has 2 nitrogen and oxygen atoms in total. The molecule has 0 amide bonds. The maximum absolute atomic E-state index is 15.9. The van der Waals surface area contributed by atoms with Gasteiger partial charge in [-0.3, -0.25) is 0 Å². The first-order chi connectivity index (χ1) is 27.5. The molecule has 0 fully saturated rings. The minimum absolute atomic E-state index is 0.0639. The SMILES string of the molecule is Fc1ccc(F)c(B(Oc2c(F)c(F)c(F)c3c2C(F)(F)c2c(F)c(F)c(F)c(F)c2-3)Oc2c(F)c(F)c3c(F)c(F)c4c(F)c(F)c(F)c5c(F)c(F)c2c3c45)c1F. The van der Waals surface area contributed by atoms with Gasteiger partial charge in [-0.25, -0.2) is 74.6 Å². The molecule has 0 radical (unpaired) electrons. The monoisotopic (exact) mass is 864 g/mol. The molecule has 0 heterocycles. The molecule has 0 atom stereocenters. The Balaban J connectivity index is 1.48. The lowest BCUT2D eigenvalue weighted by molar-refractivity contribution is 0.0404. The van der Waals surface area contributed by atoms with Gasteiger partial charge >= 0.3 is 13.0 Å². The standard InChI is InChI=1S/C35H2BF21O2/c37-3-1-2-4(38)16(39)15(3)36(59-34-14-8(18(41)29(52)32(34)55)7-13(35(14,56)57)26(49)30(53)28(51)17(7)40)58-33-12-6-5-9(19(42)20(43)11(6)24(47)31(33)54)22(45)27(50)23(46)10(5)21(44)25(12)48/h1-2H. The first-order valence-electron chi connectivity index (χ1n) is 15.3. The lowest BCUT2D eigenvalue weighted by Gasteiger charge is -2.24. The van der Waals surface area contributed by atoms with Crippen molar-refractivity contribution in [3.05, 3.63) is 134 Å². The number of hydrogen-bond donors (Lipinski definition) is 0. The molecule has 0 bridgehead atoms. The van der Waals surface area contributed by atoms with E-state index in [4.69, 9.17) is 4.65 Å². The zero-order chi connectivity index (χ0) is 43.4. The van der Waals surface area contributed by atoms with Gasteiger partial charge in [-0.1, -0.05) is 0 Å². The van der Waals surface area contributed by atoms with E-state index < -0.39 is 195 Å². The average molecular weight is 864 g/mol. The third kappa shape index (κ3) is 4.84. The topological polar surface area (TPSA) is 18.5 Å². The molecule has 0 aromatic heterocycles. The summed E-state index contributed by atoms with van der Waals surface area (Å²) < 4.78 is 328. The number of fused-ring (bicyclic) bond motifs is 3. The van der Waals surface area contributed by atoms with E-state index in [2.05, 4.69) is 4.65 Å². The summed E-state index contributed by atoms with van der Waals surface area (Å²) in [5.41, 5.74) is -12.5. The molecule has 59 heavy (non-hydrogen) atoms. The molecule has 0 unspecified atom stereocenters. The maximum Gasteiger partial charge on any atom is 0.639 e. The van der Waals surface area contributed by atoms with Crippen LogP contribution in [0.1, 0.15) is 11.1 Å². The van der Waals surface area contributed by atoms with Gasteiger partial charge in [0.25, 0.3) is 0 Å². The Morgan fingerprint density at radius 1 is 0.322 bits per heavy atom. The van der Waals surface area contributed by atoms with Gasteiger partial charge in [-0.15, -0.1) is 0 Å². The number of rotatable bonds is 5. The Labute approximate surface area is 309 Å². The highest BCUT2D eigenvalue weighted by Crippen LogP contribution is 2.59. The lowest BCUT2D eigenvalue weighted by Crippen LogP contribution is -2.47. The highest BCUT2D eigenvalue weighted by molar-refractivity contribution is 6.63. The fraction of sp³-hybridized carbons (Fsp3) is 0.0286. The van der Waals surface area contributed by atoms with E-state index in [-0.39, 0.29) is 12.1 Å². The van der Waals surface area contributed by atoms with Crippen molar-refractivity contribution in [1.29, 1.82) is 0 Å². The van der Waals surface area contributed by atoms with E-state index >= 15 is 57.1 Å². The quantitative estimate of drug-likeness (QED) is 0.0564. The summed E-state index contributed by atoms with van der Waals surface area (Å²) in [6.07, 6.45) is 0. The van der Waals surface area contributed by atoms with Crippen molar-refractivity contribution < 1.29 is 102 Å². The van der Waals surface area contributed by atoms with E-state index in [1.54, 1.807) is 0 Å². The average Bonchev–Trinajstić information content (AvgIpc) is 3.43. The zero-order valence-corrected chi connectivity index (χ0v) is 27.0. The van der Waals surface area contributed by atoms with Crippen LogP contribution in [0.3, 0.4) is 0 Å². The second kappa shape index (κ2) is 12.6. The maximum atomic E-state index is 15.9. The van der Waals surface area contributed by atoms with Crippen LogP contribution in [0.5, 0.6) is 11.5 Å². The van der Waals surface area contributed by atoms with Gasteiger partial charge < -0.3 is 9.31 Å². The number of halogens is 21. The molecule has 24 heteroatoms. The summed E-state index contributed by atoms with van der Waals surface area (Å²) in [6.45, 7) is 0. The number of hydrogen-bond acceptors (Lipinski definition) is 2. The normalized spacial score (nSPS) is 13.3. The first kappa shape index (κ1) is 39.6.